The van der Waals surface area contributed by atoms with Gasteiger partial charge in [-0.1, -0.05) is 26.8 Å². The van der Waals surface area contributed by atoms with Gasteiger partial charge in [0.2, 0.25) is 5.88 Å². The quantitative estimate of drug-likeness (QED) is 0.758. The van der Waals surface area contributed by atoms with E-state index in [1.54, 1.807) is 10.8 Å². The zero-order valence-corrected chi connectivity index (χ0v) is 18.2. The number of nitrogens with one attached hydrogen (secondary N) is 1. The fraction of sp³-hybridized carbons (Fsp3) is 0.591. The first-order valence-corrected chi connectivity index (χ1v) is 10.7. The largest absolute Gasteiger partial charge is 0.494 e. The SMILES string of the molecule is CCC(C)(C)Cn1c(O)c(C(=O)NC2CC2)c(=O)n2ncc(C3=CCN(C)CC3)c12. The summed E-state index contributed by atoms with van der Waals surface area (Å²) in [7, 11) is 2.07. The molecule has 2 aromatic rings. The summed E-state index contributed by atoms with van der Waals surface area (Å²) in [4.78, 5) is 28.2. The molecule has 1 fully saturated rings. The van der Waals surface area contributed by atoms with Crippen LogP contribution in [0.5, 0.6) is 5.88 Å². The molecular formula is C22H31N5O3. The van der Waals surface area contributed by atoms with Crippen LogP contribution in [-0.2, 0) is 6.54 Å². The minimum Gasteiger partial charge on any atom is -0.494 e. The van der Waals surface area contributed by atoms with Crippen molar-refractivity contribution in [3.8, 4) is 5.88 Å². The third-order valence-electron chi connectivity index (χ3n) is 6.33. The molecule has 1 aliphatic heterocycles. The standard InChI is InChI=1S/C22H31N5O3/c1-5-22(2,3)13-26-19-16(14-8-10-25(4)11-9-14)12-23-27(19)21(30)17(20(26)29)18(28)24-15-6-7-15/h8,12,15,29H,5-7,9-11,13H2,1-4H3,(H,24,28). The second kappa shape index (κ2) is 7.58. The number of nitrogens with zero attached hydrogens (tertiary/aromatic N) is 4. The van der Waals surface area contributed by atoms with Crippen molar-refractivity contribution >= 4 is 17.1 Å². The van der Waals surface area contributed by atoms with E-state index >= 15 is 0 Å². The Hall–Kier alpha value is -2.61. The first-order chi connectivity index (χ1) is 14.2. The van der Waals surface area contributed by atoms with Gasteiger partial charge in [0.15, 0.2) is 5.56 Å². The van der Waals surface area contributed by atoms with Crippen molar-refractivity contribution < 1.29 is 9.90 Å². The van der Waals surface area contributed by atoms with E-state index in [0.29, 0.717) is 12.2 Å². The summed E-state index contributed by atoms with van der Waals surface area (Å²) >= 11 is 0. The summed E-state index contributed by atoms with van der Waals surface area (Å²) in [5.41, 5.74) is 1.56. The van der Waals surface area contributed by atoms with Crippen molar-refractivity contribution in [3.63, 3.8) is 0 Å². The Kier molecular flexibility index (Phi) is 5.22. The van der Waals surface area contributed by atoms with Gasteiger partial charge in [-0.15, -0.1) is 0 Å². The fourth-order valence-electron chi connectivity index (χ4n) is 3.80. The van der Waals surface area contributed by atoms with E-state index in [-0.39, 0.29) is 22.9 Å². The molecule has 1 saturated carbocycles. The molecule has 3 heterocycles. The molecule has 8 heteroatoms. The Labute approximate surface area is 176 Å². The Morgan fingerprint density at radius 1 is 1.37 bits per heavy atom. The smallest absolute Gasteiger partial charge is 0.291 e. The average Bonchev–Trinajstić information content (AvgIpc) is 3.40. The minimum atomic E-state index is -0.578. The second-order valence-corrected chi connectivity index (χ2v) is 9.39. The summed E-state index contributed by atoms with van der Waals surface area (Å²) in [5.74, 6) is -0.803. The molecule has 4 rings (SSSR count). The molecule has 0 unspecified atom stereocenters. The third kappa shape index (κ3) is 3.76. The lowest BCUT2D eigenvalue weighted by Gasteiger charge is -2.27. The van der Waals surface area contributed by atoms with Crippen LogP contribution < -0.4 is 10.9 Å². The number of likely N-dealkylation sites (N-methyl/N-ethyl adjacent to an activating group) is 1. The van der Waals surface area contributed by atoms with Crippen molar-refractivity contribution in [2.75, 3.05) is 20.1 Å². The number of aromatic hydroxyl groups is 1. The predicted molar refractivity (Wildman–Crippen MR) is 116 cm³/mol. The zero-order valence-electron chi connectivity index (χ0n) is 18.2. The maximum absolute atomic E-state index is 13.2. The first kappa shape index (κ1) is 20.7. The average molecular weight is 414 g/mol. The van der Waals surface area contributed by atoms with Crippen LogP contribution in [0.15, 0.2) is 17.1 Å². The summed E-state index contributed by atoms with van der Waals surface area (Å²) in [6.45, 7) is 8.52. The molecule has 0 atom stereocenters. The lowest BCUT2D eigenvalue weighted by atomic mass is 9.90. The highest BCUT2D eigenvalue weighted by Gasteiger charge is 2.31. The van der Waals surface area contributed by atoms with Gasteiger partial charge in [-0.25, -0.2) is 0 Å². The van der Waals surface area contributed by atoms with Crippen LogP contribution in [0.1, 0.15) is 62.4 Å². The topological polar surface area (TPSA) is 91.9 Å². The molecule has 0 bridgehead atoms. The monoisotopic (exact) mass is 413 g/mol. The molecule has 0 spiro atoms. The van der Waals surface area contributed by atoms with E-state index in [9.17, 15) is 14.7 Å². The molecule has 8 nitrogen and oxygen atoms in total. The minimum absolute atomic E-state index is 0.0881. The van der Waals surface area contributed by atoms with Crippen LogP contribution in [0.4, 0.5) is 0 Å². The Morgan fingerprint density at radius 2 is 2.10 bits per heavy atom. The van der Waals surface area contributed by atoms with Crippen molar-refractivity contribution in [1.29, 1.82) is 0 Å². The lowest BCUT2D eigenvalue weighted by molar-refractivity contribution is 0.0944. The number of hydrogen-bond donors (Lipinski definition) is 2. The maximum Gasteiger partial charge on any atom is 0.291 e. The first-order valence-electron chi connectivity index (χ1n) is 10.7. The number of amides is 1. The van der Waals surface area contributed by atoms with Gasteiger partial charge < -0.3 is 15.3 Å². The van der Waals surface area contributed by atoms with Crippen molar-refractivity contribution in [2.24, 2.45) is 5.41 Å². The molecule has 2 aromatic heterocycles. The van der Waals surface area contributed by atoms with Gasteiger partial charge in [0.25, 0.3) is 11.5 Å². The number of rotatable bonds is 6. The fourth-order valence-corrected chi connectivity index (χ4v) is 3.80. The molecule has 30 heavy (non-hydrogen) atoms. The van der Waals surface area contributed by atoms with E-state index in [0.717, 1.165) is 49.9 Å². The van der Waals surface area contributed by atoms with Gasteiger partial charge in [-0.2, -0.15) is 9.61 Å². The molecule has 2 aliphatic rings. The lowest BCUT2D eigenvalue weighted by Crippen LogP contribution is -2.35. The molecule has 1 amide bonds. The highest BCUT2D eigenvalue weighted by atomic mass is 16.3. The molecule has 162 valence electrons. The van der Waals surface area contributed by atoms with Gasteiger partial charge >= 0.3 is 0 Å². The van der Waals surface area contributed by atoms with E-state index in [4.69, 9.17) is 0 Å². The zero-order chi connectivity index (χ0) is 21.6. The van der Waals surface area contributed by atoms with Gasteiger partial charge in [0.1, 0.15) is 5.65 Å². The van der Waals surface area contributed by atoms with E-state index in [1.807, 2.05) is 0 Å². The highest BCUT2D eigenvalue weighted by molar-refractivity contribution is 5.97. The summed E-state index contributed by atoms with van der Waals surface area (Å²) in [6, 6.07) is 0.0881. The van der Waals surface area contributed by atoms with Gasteiger partial charge in [-0.3, -0.25) is 14.2 Å². The Balaban J connectivity index is 1.92. The van der Waals surface area contributed by atoms with Crippen LogP contribution in [0.25, 0.3) is 11.2 Å². The van der Waals surface area contributed by atoms with E-state index < -0.39 is 11.5 Å². The van der Waals surface area contributed by atoms with Crippen LogP contribution >= 0.6 is 0 Å². The number of carbonyl (C=O) groups is 1. The van der Waals surface area contributed by atoms with Crippen molar-refractivity contribution in [1.82, 2.24) is 24.4 Å². The van der Waals surface area contributed by atoms with E-state index in [2.05, 4.69) is 49.2 Å². The molecule has 0 aromatic carbocycles. The van der Waals surface area contributed by atoms with Crippen LogP contribution in [-0.4, -0.2) is 56.3 Å². The molecule has 1 aliphatic carbocycles. The van der Waals surface area contributed by atoms with Crippen molar-refractivity contribution in [2.45, 2.75) is 59.0 Å². The maximum atomic E-state index is 13.2. The Morgan fingerprint density at radius 3 is 2.70 bits per heavy atom. The third-order valence-corrected chi connectivity index (χ3v) is 6.33. The highest BCUT2D eigenvalue weighted by Crippen LogP contribution is 2.32. The summed E-state index contributed by atoms with van der Waals surface area (Å²) in [5, 5.41) is 18.3. The summed E-state index contributed by atoms with van der Waals surface area (Å²) < 4.78 is 2.98. The number of aromatic nitrogens is 3. The molecule has 0 radical (unpaired) electrons. The second-order valence-electron chi connectivity index (χ2n) is 9.39. The van der Waals surface area contributed by atoms with Crippen LogP contribution in [0.3, 0.4) is 0 Å². The summed E-state index contributed by atoms with van der Waals surface area (Å²) in [6.07, 6.45) is 7.36. The number of carbonyl (C=O) groups excluding carboxylic acids is 1. The number of fused-ring (bicyclic) bond motifs is 1. The van der Waals surface area contributed by atoms with Gasteiger partial charge in [0, 0.05) is 31.2 Å². The van der Waals surface area contributed by atoms with Gasteiger partial charge in [0.05, 0.1) is 6.20 Å². The van der Waals surface area contributed by atoms with Gasteiger partial charge in [-0.05, 0) is 43.7 Å². The molecule has 2 N–H and O–H groups in total. The number of hydrogen-bond acceptors (Lipinski definition) is 5. The predicted octanol–water partition coefficient (Wildman–Crippen LogP) is 2.25. The Bertz CT molecular complexity index is 1070. The molecule has 0 saturated heterocycles. The normalized spacial score (nSPS) is 17.9. The van der Waals surface area contributed by atoms with E-state index in [1.165, 1.54) is 4.52 Å². The van der Waals surface area contributed by atoms with Crippen LogP contribution in [0.2, 0.25) is 0 Å². The molecular weight excluding hydrogens is 382 g/mol. The van der Waals surface area contributed by atoms with Crippen LogP contribution in [0, 0.1) is 5.41 Å². The van der Waals surface area contributed by atoms with Crippen molar-refractivity contribution in [3.05, 3.63) is 33.8 Å².